The minimum atomic E-state index is -3.87. The molecule has 0 aliphatic carbocycles. The first kappa shape index (κ1) is 22.6. The molecule has 0 saturated carbocycles. The van der Waals surface area contributed by atoms with Gasteiger partial charge < -0.3 is 10.1 Å². The number of aromatic nitrogens is 2. The van der Waals surface area contributed by atoms with Crippen molar-refractivity contribution in [3.05, 3.63) is 63.3 Å². The minimum absolute atomic E-state index is 0.0139. The lowest BCUT2D eigenvalue weighted by atomic mass is 10.2. The Morgan fingerprint density at radius 3 is 2.78 bits per heavy atom. The summed E-state index contributed by atoms with van der Waals surface area (Å²) in [5.74, 6) is -0.816. The summed E-state index contributed by atoms with van der Waals surface area (Å²) in [6.45, 7) is 0.299. The van der Waals surface area contributed by atoms with Crippen LogP contribution in [0.15, 0.2) is 47.4 Å². The van der Waals surface area contributed by atoms with E-state index in [1.54, 1.807) is 6.07 Å². The standard InChI is InChI=1S/C20H18ClFN4O4S2/c1-30-17-9-8-12(11-13(17)21)32(28,29)26-10-4-7-16(26)19-24-25-20(31-19)18(27)23-15-6-3-2-5-14(15)22/h2-3,5-6,8-9,11,16H,4,7,10H2,1H3,(H,23,27). The van der Waals surface area contributed by atoms with Crippen molar-refractivity contribution in [2.24, 2.45) is 0 Å². The van der Waals surface area contributed by atoms with Gasteiger partial charge in [0.1, 0.15) is 16.6 Å². The fraction of sp³-hybridized carbons (Fsp3) is 0.250. The molecule has 1 aliphatic heterocycles. The fourth-order valence-corrected chi connectivity index (χ4v) is 6.38. The van der Waals surface area contributed by atoms with Crippen LogP contribution in [0.1, 0.15) is 33.7 Å². The predicted octanol–water partition coefficient (Wildman–Crippen LogP) is 4.12. The summed E-state index contributed by atoms with van der Waals surface area (Å²) in [4.78, 5) is 12.5. The van der Waals surface area contributed by atoms with E-state index in [1.807, 2.05) is 0 Å². The normalized spacial score (nSPS) is 16.8. The molecule has 1 fully saturated rings. The second kappa shape index (κ2) is 9.10. The topological polar surface area (TPSA) is 101 Å². The first-order valence-corrected chi connectivity index (χ1v) is 12.2. The summed E-state index contributed by atoms with van der Waals surface area (Å²) in [5.41, 5.74) is 0.0238. The summed E-state index contributed by atoms with van der Waals surface area (Å²) < 4.78 is 46.7. The van der Waals surface area contributed by atoms with Crippen molar-refractivity contribution in [3.8, 4) is 5.75 Å². The summed E-state index contributed by atoms with van der Waals surface area (Å²) in [6.07, 6.45) is 1.16. The van der Waals surface area contributed by atoms with E-state index in [9.17, 15) is 17.6 Å². The van der Waals surface area contributed by atoms with Crippen molar-refractivity contribution in [2.75, 3.05) is 19.0 Å². The molecule has 1 unspecified atom stereocenters. The molecule has 1 saturated heterocycles. The van der Waals surface area contributed by atoms with Gasteiger partial charge in [-0.05, 0) is 43.2 Å². The van der Waals surface area contributed by atoms with Crippen LogP contribution in [-0.2, 0) is 10.0 Å². The molecule has 12 heteroatoms. The molecule has 8 nitrogen and oxygen atoms in total. The third-order valence-electron chi connectivity index (χ3n) is 4.98. The maximum Gasteiger partial charge on any atom is 0.286 e. The van der Waals surface area contributed by atoms with Crippen LogP contribution in [0.4, 0.5) is 10.1 Å². The quantitative estimate of drug-likeness (QED) is 0.551. The van der Waals surface area contributed by atoms with Crippen LogP contribution in [0.3, 0.4) is 0 Å². The average Bonchev–Trinajstić information content (AvgIpc) is 3.45. The number of hydrogen-bond donors (Lipinski definition) is 1. The summed E-state index contributed by atoms with van der Waals surface area (Å²) >= 11 is 7.09. The number of carbonyl (C=O) groups is 1. The first-order chi connectivity index (χ1) is 15.3. The number of methoxy groups -OCH3 is 1. The molecule has 1 aromatic heterocycles. The summed E-state index contributed by atoms with van der Waals surface area (Å²) in [5, 5.41) is 11.0. The van der Waals surface area contributed by atoms with Gasteiger partial charge in [0.05, 0.1) is 28.8 Å². The number of nitrogens with one attached hydrogen (secondary N) is 1. The number of rotatable bonds is 6. The number of hydrogen-bond acceptors (Lipinski definition) is 7. The monoisotopic (exact) mass is 496 g/mol. The van der Waals surface area contributed by atoms with Gasteiger partial charge >= 0.3 is 0 Å². The number of carbonyl (C=O) groups excluding carboxylic acids is 1. The van der Waals surface area contributed by atoms with Crippen molar-refractivity contribution in [3.63, 3.8) is 0 Å². The lowest BCUT2D eigenvalue weighted by molar-refractivity contribution is 0.102. The zero-order valence-corrected chi connectivity index (χ0v) is 19.2. The van der Waals surface area contributed by atoms with Gasteiger partial charge in [0, 0.05) is 6.54 Å². The molecule has 32 heavy (non-hydrogen) atoms. The molecule has 2 heterocycles. The molecular weight excluding hydrogens is 479 g/mol. The number of anilines is 1. The Hall–Kier alpha value is -2.60. The molecule has 1 amide bonds. The van der Waals surface area contributed by atoms with Crippen molar-refractivity contribution in [2.45, 2.75) is 23.8 Å². The van der Waals surface area contributed by atoms with Gasteiger partial charge in [-0.1, -0.05) is 35.1 Å². The smallest absolute Gasteiger partial charge is 0.286 e. The van der Waals surface area contributed by atoms with Crippen LogP contribution < -0.4 is 10.1 Å². The highest BCUT2D eigenvalue weighted by Gasteiger charge is 2.38. The van der Waals surface area contributed by atoms with Gasteiger partial charge in [-0.25, -0.2) is 12.8 Å². The molecule has 1 N–H and O–H groups in total. The number of para-hydroxylation sites is 1. The van der Waals surface area contributed by atoms with E-state index in [-0.39, 0.29) is 20.6 Å². The van der Waals surface area contributed by atoms with Gasteiger partial charge in [0.2, 0.25) is 15.0 Å². The molecular formula is C20H18ClFN4O4S2. The van der Waals surface area contributed by atoms with E-state index in [1.165, 1.54) is 47.8 Å². The van der Waals surface area contributed by atoms with Crippen molar-refractivity contribution in [1.82, 2.24) is 14.5 Å². The van der Waals surface area contributed by atoms with Crippen LogP contribution in [0.2, 0.25) is 5.02 Å². The van der Waals surface area contributed by atoms with Crippen molar-refractivity contribution in [1.29, 1.82) is 0 Å². The zero-order valence-electron chi connectivity index (χ0n) is 16.8. The predicted molar refractivity (Wildman–Crippen MR) is 118 cm³/mol. The molecule has 1 aliphatic rings. The van der Waals surface area contributed by atoms with Crippen LogP contribution in [0.25, 0.3) is 0 Å². The summed E-state index contributed by atoms with van der Waals surface area (Å²) in [7, 11) is -2.42. The Bertz CT molecular complexity index is 1270. The van der Waals surface area contributed by atoms with Crippen molar-refractivity contribution >= 4 is 44.6 Å². The molecule has 0 bridgehead atoms. The Labute approximate surface area is 193 Å². The van der Waals surface area contributed by atoms with Gasteiger partial charge in [0.15, 0.2) is 0 Å². The largest absolute Gasteiger partial charge is 0.495 e. The van der Waals surface area contributed by atoms with Gasteiger partial charge in [0.25, 0.3) is 5.91 Å². The molecule has 0 spiro atoms. The molecule has 168 valence electrons. The third kappa shape index (κ3) is 4.33. The Kier molecular flexibility index (Phi) is 6.42. The summed E-state index contributed by atoms with van der Waals surface area (Å²) in [6, 6.07) is 9.48. The highest BCUT2D eigenvalue weighted by molar-refractivity contribution is 7.89. The second-order valence-electron chi connectivity index (χ2n) is 6.95. The fourth-order valence-electron chi connectivity index (χ4n) is 3.42. The Balaban J connectivity index is 1.56. The van der Waals surface area contributed by atoms with E-state index in [0.29, 0.717) is 30.1 Å². The van der Waals surface area contributed by atoms with Gasteiger partial charge in [-0.3, -0.25) is 4.79 Å². The van der Waals surface area contributed by atoms with E-state index in [4.69, 9.17) is 16.3 Å². The number of nitrogens with zero attached hydrogens (tertiary/aromatic N) is 3. The third-order valence-corrected chi connectivity index (χ3v) is 8.20. The zero-order chi connectivity index (χ0) is 22.9. The Morgan fingerprint density at radius 2 is 2.06 bits per heavy atom. The highest BCUT2D eigenvalue weighted by Crippen LogP contribution is 2.39. The highest BCUT2D eigenvalue weighted by atomic mass is 35.5. The minimum Gasteiger partial charge on any atom is -0.495 e. The second-order valence-corrected chi connectivity index (χ2v) is 10.3. The molecule has 4 rings (SSSR count). The van der Waals surface area contributed by atoms with E-state index < -0.39 is 27.8 Å². The van der Waals surface area contributed by atoms with Gasteiger partial charge in [-0.15, -0.1) is 10.2 Å². The maximum absolute atomic E-state index is 13.8. The van der Waals surface area contributed by atoms with E-state index in [2.05, 4.69) is 15.5 Å². The average molecular weight is 497 g/mol. The number of sulfonamides is 1. The van der Waals surface area contributed by atoms with Crippen LogP contribution in [0, 0.1) is 5.82 Å². The Morgan fingerprint density at radius 1 is 1.28 bits per heavy atom. The van der Waals surface area contributed by atoms with Crippen LogP contribution >= 0.6 is 22.9 Å². The molecule has 3 aromatic rings. The van der Waals surface area contributed by atoms with Crippen LogP contribution in [-0.4, -0.2) is 42.5 Å². The molecule has 1 atom stereocenters. The number of amides is 1. The number of benzene rings is 2. The first-order valence-electron chi connectivity index (χ1n) is 9.56. The molecule has 0 radical (unpaired) electrons. The number of ether oxygens (including phenoxy) is 1. The molecule has 2 aromatic carbocycles. The van der Waals surface area contributed by atoms with Crippen molar-refractivity contribution < 1.29 is 22.3 Å². The van der Waals surface area contributed by atoms with E-state index >= 15 is 0 Å². The van der Waals surface area contributed by atoms with Crippen LogP contribution in [0.5, 0.6) is 5.75 Å². The van der Waals surface area contributed by atoms with Gasteiger partial charge in [-0.2, -0.15) is 4.31 Å². The number of halogens is 2. The van der Waals surface area contributed by atoms with E-state index in [0.717, 1.165) is 11.3 Å². The maximum atomic E-state index is 13.8. The lowest BCUT2D eigenvalue weighted by Gasteiger charge is -2.22. The lowest BCUT2D eigenvalue weighted by Crippen LogP contribution is -2.30. The SMILES string of the molecule is COc1ccc(S(=O)(=O)N2CCCC2c2nnc(C(=O)Nc3ccccc3F)s2)cc1Cl.